The molecule has 1 amide bonds. The zero-order chi connectivity index (χ0) is 18.9. The molecule has 4 N–H and O–H groups in total. The molecule has 1 saturated carbocycles. The normalized spacial score (nSPS) is 22.9. The molecule has 25 heavy (non-hydrogen) atoms. The number of nitrogens with one attached hydrogen (secondary N) is 3. The maximum Gasteiger partial charge on any atom is 0.407 e. The number of ether oxygens (including phenoxy) is 1. The number of aliphatic hydroxyl groups is 1. The van der Waals surface area contributed by atoms with E-state index < -0.39 is 5.60 Å². The van der Waals surface area contributed by atoms with Crippen LogP contribution in [0.1, 0.15) is 60.3 Å². The van der Waals surface area contributed by atoms with E-state index in [1.807, 2.05) is 34.6 Å². The number of rotatable bonds is 6. The number of aliphatic imine (C=N–C) groups is 1. The fourth-order valence-corrected chi connectivity index (χ4v) is 2.67. The summed E-state index contributed by atoms with van der Waals surface area (Å²) in [7, 11) is 0. The second kappa shape index (κ2) is 10.5. The van der Waals surface area contributed by atoms with Crippen LogP contribution < -0.4 is 16.0 Å². The first kappa shape index (κ1) is 21.5. The van der Waals surface area contributed by atoms with Gasteiger partial charge in [-0.05, 0) is 59.3 Å². The Labute approximate surface area is 152 Å². The van der Waals surface area contributed by atoms with Gasteiger partial charge in [0.05, 0.1) is 0 Å². The van der Waals surface area contributed by atoms with Crippen LogP contribution in [0, 0.1) is 5.92 Å². The van der Waals surface area contributed by atoms with Crippen LogP contribution in [0.3, 0.4) is 0 Å². The first-order valence-corrected chi connectivity index (χ1v) is 9.38. The largest absolute Gasteiger partial charge is 0.444 e. The van der Waals surface area contributed by atoms with Crippen LogP contribution in [0.2, 0.25) is 0 Å². The molecule has 7 heteroatoms. The second-order valence-corrected chi connectivity index (χ2v) is 7.85. The number of amides is 1. The predicted molar refractivity (Wildman–Crippen MR) is 101 cm³/mol. The fraction of sp³-hybridized carbons (Fsp3) is 0.889. The predicted octanol–water partition coefficient (Wildman–Crippen LogP) is 2.01. The van der Waals surface area contributed by atoms with Gasteiger partial charge in [0.1, 0.15) is 5.60 Å². The number of carbonyl (C=O) groups is 1. The van der Waals surface area contributed by atoms with Crippen LogP contribution >= 0.6 is 0 Å². The summed E-state index contributed by atoms with van der Waals surface area (Å²) in [6, 6.07) is 0.515. The molecule has 0 aromatic rings. The molecule has 0 spiro atoms. The third kappa shape index (κ3) is 9.53. The zero-order valence-corrected chi connectivity index (χ0v) is 16.4. The van der Waals surface area contributed by atoms with E-state index in [4.69, 9.17) is 9.84 Å². The van der Waals surface area contributed by atoms with E-state index in [0.29, 0.717) is 12.6 Å². The number of aliphatic hydroxyl groups excluding tert-OH is 1. The van der Waals surface area contributed by atoms with E-state index in [2.05, 4.69) is 20.9 Å². The van der Waals surface area contributed by atoms with Gasteiger partial charge >= 0.3 is 6.09 Å². The van der Waals surface area contributed by atoms with Crippen molar-refractivity contribution in [1.29, 1.82) is 0 Å². The van der Waals surface area contributed by atoms with Crippen molar-refractivity contribution in [1.82, 2.24) is 16.0 Å². The Kier molecular flexibility index (Phi) is 9.03. The summed E-state index contributed by atoms with van der Waals surface area (Å²) in [6.07, 6.45) is 3.45. The Hall–Kier alpha value is -1.50. The van der Waals surface area contributed by atoms with E-state index >= 15 is 0 Å². The lowest BCUT2D eigenvalue weighted by atomic mass is 9.91. The molecule has 1 atom stereocenters. The van der Waals surface area contributed by atoms with Crippen LogP contribution in [0.25, 0.3) is 0 Å². The van der Waals surface area contributed by atoms with Crippen molar-refractivity contribution in [2.75, 3.05) is 19.7 Å². The van der Waals surface area contributed by atoms with Crippen LogP contribution in [-0.2, 0) is 4.74 Å². The molecular formula is C18H36N4O3. The van der Waals surface area contributed by atoms with Crippen molar-refractivity contribution < 1.29 is 14.6 Å². The summed E-state index contributed by atoms with van der Waals surface area (Å²) in [5.41, 5.74) is -0.467. The first-order valence-electron chi connectivity index (χ1n) is 9.38. The molecule has 0 bridgehead atoms. The van der Waals surface area contributed by atoms with Gasteiger partial charge in [-0.2, -0.15) is 0 Å². The average molecular weight is 357 g/mol. The Morgan fingerprint density at radius 1 is 1.20 bits per heavy atom. The van der Waals surface area contributed by atoms with Crippen molar-refractivity contribution >= 4 is 12.1 Å². The highest BCUT2D eigenvalue weighted by atomic mass is 16.6. The number of carbonyl (C=O) groups excluding carboxylic acids is 1. The van der Waals surface area contributed by atoms with E-state index in [-0.39, 0.29) is 24.7 Å². The van der Waals surface area contributed by atoms with E-state index in [0.717, 1.165) is 38.2 Å². The van der Waals surface area contributed by atoms with E-state index in [1.54, 1.807) is 0 Å². The molecule has 0 saturated heterocycles. The monoisotopic (exact) mass is 356 g/mol. The van der Waals surface area contributed by atoms with Gasteiger partial charge in [0.15, 0.2) is 5.96 Å². The number of nitrogens with zero attached hydrogens (tertiary/aromatic N) is 1. The van der Waals surface area contributed by atoms with Crippen LogP contribution in [-0.4, -0.2) is 54.5 Å². The minimum atomic E-state index is -0.467. The standard InChI is InChI=1S/C18H36N4O3/c1-6-19-16(20-11-13(2)12-23)21-14-7-9-15(10-8-14)22-17(24)25-18(3,4)5/h13-15,23H,6-12H2,1-5H3,(H,22,24)(H2,19,20,21). The Morgan fingerprint density at radius 2 is 1.76 bits per heavy atom. The Balaban J connectivity index is 2.40. The van der Waals surface area contributed by atoms with Gasteiger partial charge in [-0.3, -0.25) is 4.99 Å². The highest BCUT2D eigenvalue weighted by Crippen LogP contribution is 2.19. The molecule has 0 radical (unpaired) electrons. The number of alkyl carbamates (subject to hydrolysis) is 1. The molecule has 1 unspecified atom stereocenters. The molecule has 1 aliphatic carbocycles. The van der Waals surface area contributed by atoms with Crippen LogP contribution in [0.5, 0.6) is 0 Å². The quantitative estimate of drug-likeness (QED) is 0.431. The lowest BCUT2D eigenvalue weighted by molar-refractivity contribution is 0.0490. The first-order chi connectivity index (χ1) is 11.7. The molecule has 146 valence electrons. The third-order valence-electron chi connectivity index (χ3n) is 4.01. The van der Waals surface area contributed by atoms with Crippen LogP contribution in [0.15, 0.2) is 4.99 Å². The summed E-state index contributed by atoms with van der Waals surface area (Å²) in [5, 5.41) is 18.8. The van der Waals surface area contributed by atoms with Gasteiger partial charge in [-0.25, -0.2) is 4.79 Å². The highest BCUT2D eigenvalue weighted by Gasteiger charge is 2.25. The summed E-state index contributed by atoms with van der Waals surface area (Å²) in [5.74, 6) is 0.954. The SMILES string of the molecule is CCNC(=NCC(C)CO)NC1CCC(NC(=O)OC(C)(C)C)CC1. The molecular weight excluding hydrogens is 320 g/mol. The molecule has 1 aliphatic rings. The third-order valence-corrected chi connectivity index (χ3v) is 4.01. The van der Waals surface area contributed by atoms with E-state index in [9.17, 15) is 4.79 Å². The summed E-state index contributed by atoms with van der Waals surface area (Å²) in [4.78, 5) is 16.4. The molecule has 1 fully saturated rings. The maximum atomic E-state index is 11.9. The zero-order valence-electron chi connectivity index (χ0n) is 16.4. The summed E-state index contributed by atoms with van der Waals surface area (Å²) >= 11 is 0. The second-order valence-electron chi connectivity index (χ2n) is 7.85. The number of hydrogen-bond donors (Lipinski definition) is 4. The topological polar surface area (TPSA) is 95.0 Å². The van der Waals surface area contributed by atoms with Crippen molar-refractivity contribution in [3.63, 3.8) is 0 Å². The number of guanidine groups is 1. The van der Waals surface area contributed by atoms with Gasteiger partial charge < -0.3 is 25.8 Å². The van der Waals surface area contributed by atoms with Gasteiger partial charge in [-0.15, -0.1) is 0 Å². The Bertz CT molecular complexity index is 427. The van der Waals surface area contributed by atoms with Crippen molar-refractivity contribution in [3.8, 4) is 0 Å². The van der Waals surface area contributed by atoms with E-state index in [1.165, 1.54) is 0 Å². The molecule has 0 aromatic carbocycles. The maximum absolute atomic E-state index is 11.9. The van der Waals surface area contributed by atoms with Gasteiger partial charge in [-0.1, -0.05) is 6.92 Å². The lowest BCUT2D eigenvalue weighted by Crippen LogP contribution is -2.48. The fourth-order valence-electron chi connectivity index (χ4n) is 2.67. The Morgan fingerprint density at radius 3 is 2.24 bits per heavy atom. The van der Waals surface area contributed by atoms with Crippen LogP contribution in [0.4, 0.5) is 4.79 Å². The van der Waals surface area contributed by atoms with Crippen molar-refractivity contribution in [2.45, 2.75) is 78.0 Å². The van der Waals surface area contributed by atoms with Gasteiger partial charge in [0, 0.05) is 31.8 Å². The van der Waals surface area contributed by atoms with Gasteiger partial charge in [0.25, 0.3) is 0 Å². The lowest BCUT2D eigenvalue weighted by Gasteiger charge is -2.31. The minimum absolute atomic E-state index is 0.143. The van der Waals surface area contributed by atoms with Crippen molar-refractivity contribution in [3.05, 3.63) is 0 Å². The molecule has 7 nitrogen and oxygen atoms in total. The van der Waals surface area contributed by atoms with Gasteiger partial charge in [0.2, 0.25) is 0 Å². The molecule has 0 aliphatic heterocycles. The summed E-state index contributed by atoms with van der Waals surface area (Å²) in [6.45, 7) is 11.2. The summed E-state index contributed by atoms with van der Waals surface area (Å²) < 4.78 is 5.31. The number of hydrogen-bond acceptors (Lipinski definition) is 4. The molecule has 0 heterocycles. The highest BCUT2D eigenvalue weighted by molar-refractivity contribution is 5.80. The van der Waals surface area contributed by atoms with Crippen molar-refractivity contribution in [2.24, 2.45) is 10.9 Å². The smallest absolute Gasteiger partial charge is 0.407 e. The molecule has 1 rings (SSSR count). The minimum Gasteiger partial charge on any atom is -0.444 e. The molecule has 0 aromatic heterocycles. The average Bonchev–Trinajstić information content (AvgIpc) is 2.52.